The Morgan fingerprint density at radius 2 is 1.80 bits per heavy atom. The van der Waals surface area contributed by atoms with Gasteiger partial charge in [0.25, 0.3) is 0 Å². The Morgan fingerprint density at radius 1 is 1.00 bits per heavy atom. The molecule has 0 unspecified atom stereocenters. The molecule has 0 saturated carbocycles. The van der Waals surface area contributed by atoms with Crippen molar-refractivity contribution in [2.75, 3.05) is 25.5 Å². The van der Waals surface area contributed by atoms with Crippen LogP contribution in [0.25, 0.3) is 55.8 Å². The number of hydrogen-bond donors (Lipinski definition) is 3. The maximum absolute atomic E-state index is 14.6. The van der Waals surface area contributed by atoms with Crippen molar-refractivity contribution in [1.82, 2.24) is 40.0 Å². The molecule has 1 aromatic carbocycles. The van der Waals surface area contributed by atoms with E-state index < -0.39 is 0 Å². The maximum atomic E-state index is 14.6. The molecule has 1 fully saturated rings. The maximum Gasteiger partial charge on any atom is 0.227 e. The summed E-state index contributed by atoms with van der Waals surface area (Å²) in [6.45, 7) is 1.84. The number of carbonyl (C=O) groups is 1. The highest BCUT2D eigenvalue weighted by atomic mass is 19.1. The molecule has 0 radical (unpaired) electrons. The Morgan fingerprint density at radius 3 is 2.66 bits per heavy atom. The number of carbonyl (C=O) groups excluding carboxylic acids is 1. The number of fused-ring (bicyclic) bond motifs is 2. The number of pyridine rings is 3. The Kier molecular flexibility index (Phi) is 6.20. The number of nitrogens with one attached hydrogen (secondary N) is 3. The van der Waals surface area contributed by atoms with Crippen LogP contribution >= 0.6 is 0 Å². The number of aromatic amines is 2. The zero-order valence-corrected chi connectivity index (χ0v) is 22.2. The lowest BCUT2D eigenvalue weighted by molar-refractivity contribution is -0.121. The van der Waals surface area contributed by atoms with Crippen molar-refractivity contribution in [2.24, 2.45) is 5.92 Å². The number of nitrogens with zero attached hydrogens (tertiary/aromatic N) is 6. The smallest absolute Gasteiger partial charge is 0.227 e. The minimum Gasteiger partial charge on any atom is -0.335 e. The van der Waals surface area contributed by atoms with Crippen LogP contribution in [0.1, 0.15) is 12.8 Å². The summed E-state index contributed by atoms with van der Waals surface area (Å²) in [7, 11) is 2.08. The normalized spacial score (nSPS) is 14.6. The molecule has 6 heterocycles. The molecule has 0 atom stereocenters. The van der Waals surface area contributed by atoms with E-state index in [-0.39, 0.29) is 17.6 Å². The minimum absolute atomic E-state index is 0.000676. The molecule has 10 nitrogen and oxygen atoms in total. The van der Waals surface area contributed by atoms with Gasteiger partial charge < -0.3 is 15.2 Å². The Bertz CT molecular complexity index is 1910. The third-order valence-corrected chi connectivity index (χ3v) is 7.63. The average molecular weight is 548 g/mol. The summed E-state index contributed by atoms with van der Waals surface area (Å²) in [6.07, 6.45) is 10.1. The lowest BCUT2D eigenvalue weighted by atomic mass is 9.96. The number of aromatic nitrogens is 7. The number of anilines is 1. The SMILES string of the molecule is CN1CCC(C(=O)Nc2cncc(-c3cnc4n[nH]c(-c5nc6c(-c7ccccc7F)cncc6[nH]5)c4c3)c2)CC1. The molecule has 3 N–H and O–H groups in total. The lowest BCUT2D eigenvalue weighted by Crippen LogP contribution is -2.35. The van der Waals surface area contributed by atoms with Crippen LogP contribution < -0.4 is 5.32 Å². The molecule has 1 aliphatic heterocycles. The first-order valence-corrected chi connectivity index (χ1v) is 13.4. The van der Waals surface area contributed by atoms with Crippen LogP contribution in [0.2, 0.25) is 0 Å². The molecular formula is C30H26FN9O. The summed E-state index contributed by atoms with van der Waals surface area (Å²) < 4.78 is 14.6. The second-order valence-corrected chi connectivity index (χ2v) is 10.4. The highest BCUT2D eigenvalue weighted by molar-refractivity contribution is 5.97. The number of hydrogen-bond acceptors (Lipinski definition) is 7. The van der Waals surface area contributed by atoms with E-state index in [1.807, 2.05) is 12.1 Å². The van der Waals surface area contributed by atoms with Crippen LogP contribution in [0.5, 0.6) is 0 Å². The molecule has 1 saturated heterocycles. The summed E-state index contributed by atoms with van der Waals surface area (Å²) in [5, 5.41) is 11.2. The van der Waals surface area contributed by atoms with Crippen LogP contribution in [-0.2, 0) is 4.79 Å². The molecular weight excluding hydrogens is 521 g/mol. The third kappa shape index (κ3) is 4.70. The number of halogens is 1. The van der Waals surface area contributed by atoms with Gasteiger partial charge in [-0.25, -0.2) is 14.4 Å². The fourth-order valence-corrected chi connectivity index (χ4v) is 5.35. The van der Waals surface area contributed by atoms with E-state index in [2.05, 4.69) is 47.4 Å². The van der Waals surface area contributed by atoms with E-state index in [1.54, 1.807) is 49.2 Å². The van der Waals surface area contributed by atoms with Gasteiger partial charge in [-0.2, -0.15) is 5.10 Å². The highest BCUT2D eigenvalue weighted by Gasteiger charge is 2.23. The van der Waals surface area contributed by atoms with Crippen molar-refractivity contribution in [2.45, 2.75) is 12.8 Å². The lowest BCUT2D eigenvalue weighted by Gasteiger charge is -2.28. The Labute approximate surface area is 234 Å². The van der Waals surface area contributed by atoms with E-state index in [0.29, 0.717) is 45.0 Å². The standard InChI is InChI=1S/C30H26FN9O/c1-40-8-6-17(7-9-40)30(41)35-20-10-18(12-32-14-20)19-11-22-27(38-39-28(22)34-13-19)29-36-25-16-33-15-23(26(25)37-29)21-4-2-3-5-24(21)31/h2-5,10-17H,6-9H2,1H3,(H,35,41)(H,36,37)(H,34,38,39). The molecule has 11 heteroatoms. The molecule has 41 heavy (non-hydrogen) atoms. The van der Waals surface area contributed by atoms with E-state index >= 15 is 0 Å². The quantitative estimate of drug-likeness (QED) is 0.276. The van der Waals surface area contributed by atoms with Gasteiger partial charge in [0.2, 0.25) is 5.91 Å². The van der Waals surface area contributed by atoms with Crippen molar-refractivity contribution in [3.8, 4) is 33.8 Å². The molecule has 0 aliphatic carbocycles. The number of benzene rings is 1. The molecule has 6 aromatic rings. The number of amides is 1. The van der Waals surface area contributed by atoms with Crippen LogP contribution in [0.15, 0.2) is 67.4 Å². The van der Waals surface area contributed by atoms with Gasteiger partial charge in [-0.1, -0.05) is 18.2 Å². The molecule has 204 valence electrons. The largest absolute Gasteiger partial charge is 0.335 e. The predicted molar refractivity (Wildman–Crippen MR) is 154 cm³/mol. The first-order valence-electron chi connectivity index (χ1n) is 13.4. The van der Waals surface area contributed by atoms with Gasteiger partial charge in [-0.3, -0.25) is 19.9 Å². The van der Waals surface area contributed by atoms with Crippen molar-refractivity contribution >= 4 is 33.7 Å². The second-order valence-electron chi connectivity index (χ2n) is 10.4. The van der Waals surface area contributed by atoms with Gasteiger partial charge in [-0.15, -0.1) is 0 Å². The molecule has 7 rings (SSSR count). The highest BCUT2D eigenvalue weighted by Crippen LogP contribution is 2.33. The number of H-pyrrole nitrogens is 2. The van der Waals surface area contributed by atoms with E-state index in [0.717, 1.165) is 42.4 Å². The van der Waals surface area contributed by atoms with E-state index in [1.165, 1.54) is 6.07 Å². The third-order valence-electron chi connectivity index (χ3n) is 7.63. The van der Waals surface area contributed by atoms with Crippen LogP contribution in [0.4, 0.5) is 10.1 Å². The molecule has 1 aliphatic rings. The van der Waals surface area contributed by atoms with Crippen molar-refractivity contribution in [1.29, 1.82) is 0 Å². The Hall–Kier alpha value is -5.03. The summed E-state index contributed by atoms with van der Waals surface area (Å²) >= 11 is 0. The zero-order valence-electron chi connectivity index (χ0n) is 22.2. The molecule has 5 aromatic heterocycles. The van der Waals surface area contributed by atoms with Gasteiger partial charge in [0, 0.05) is 46.8 Å². The molecule has 0 bridgehead atoms. The molecule has 1 amide bonds. The zero-order chi connectivity index (χ0) is 27.9. The van der Waals surface area contributed by atoms with Crippen molar-refractivity contribution < 1.29 is 9.18 Å². The number of piperidine rings is 1. The van der Waals surface area contributed by atoms with Gasteiger partial charge in [0.05, 0.1) is 29.0 Å². The minimum atomic E-state index is -0.342. The summed E-state index contributed by atoms with van der Waals surface area (Å²) in [5.41, 5.74) is 5.73. The monoisotopic (exact) mass is 547 g/mol. The number of likely N-dealkylation sites (tertiary alicyclic amines) is 1. The summed E-state index contributed by atoms with van der Waals surface area (Å²) in [5.74, 6) is 0.214. The fraction of sp³-hybridized carbons (Fsp3) is 0.200. The van der Waals surface area contributed by atoms with Crippen molar-refractivity contribution in [3.05, 3.63) is 73.2 Å². The van der Waals surface area contributed by atoms with Crippen molar-refractivity contribution in [3.63, 3.8) is 0 Å². The van der Waals surface area contributed by atoms with Crippen LogP contribution in [0.3, 0.4) is 0 Å². The summed E-state index contributed by atoms with van der Waals surface area (Å²) in [4.78, 5) is 36.4. The van der Waals surface area contributed by atoms with Gasteiger partial charge >= 0.3 is 0 Å². The second kappa shape index (κ2) is 10.2. The van der Waals surface area contributed by atoms with Gasteiger partial charge in [0.15, 0.2) is 11.5 Å². The fourth-order valence-electron chi connectivity index (χ4n) is 5.35. The average Bonchev–Trinajstić information content (AvgIpc) is 3.62. The first kappa shape index (κ1) is 25.0. The predicted octanol–water partition coefficient (Wildman–Crippen LogP) is 5.04. The van der Waals surface area contributed by atoms with Gasteiger partial charge in [-0.05, 0) is 51.2 Å². The number of imidazole rings is 1. The molecule has 0 spiro atoms. The van der Waals surface area contributed by atoms with Crippen LogP contribution in [-0.4, -0.2) is 66.1 Å². The van der Waals surface area contributed by atoms with Gasteiger partial charge in [0.1, 0.15) is 17.0 Å². The summed E-state index contributed by atoms with van der Waals surface area (Å²) in [6, 6.07) is 10.4. The van der Waals surface area contributed by atoms with Crippen LogP contribution in [0, 0.1) is 11.7 Å². The number of rotatable bonds is 5. The first-order chi connectivity index (χ1) is 20.0. The topological polar surface area (TPSA) is 128 Å². The van der Waals surface area contributed by atoms with E-state index in [4.69, 9.17) is 4.98 Å². The Balaban J connectivity index is 1.21. The van der Waals surface area contributed by atoms with E-state index in [9.17, 15) is 9.18 Å².